The Morgan fingerprint density at radius 2 is 1.86 bits per heavy atom. The normalized spacial score (nSPS) is 19.4. The molecule has 1 aliphatic carbocycles. The summed E-state index contributed by atoms with van der Waals surface area (Å²) in [5.41, 5.74) is 3.33. The van der Waals surface area contributed by atoms with Gasteiger partial charge < -0.3 is 0 Å². The van der Waals surface area contributed by atoms with Gasteiger partial charge in [-0.2, -0.15) is 0 Å². The molecule has 0 amide bonds. The zero-order valence-electron chi connectivity index (χ0n) is 15.6. The zero-order chi connectivity index (χ0) is 19.8. The molecule has 2 atom stereocenters. The number of thiazole rings is 1. The Kier molecular flexibility index (Phi) is 4.89. The summed E-state index contributed by atoms with van der Waals surface area (Å²) >= 11 is 1.50. The molecule has 2 unspecified atom stereocenters. The first-order valence-corrected chi connectivity index (χ1v) is 9.95. The minimum absolute atomic E-state index is 0.0963. The largest absolute Gasteiger partial charge is 0.298 e. The maximum absolute atomic E-state index is 13.0. The number of halogens is 1. The lowest BCUT2D eigenvalue weighted by atomic mass is 9.95. The highest BCUT2D eigenvalue weighted by molar-refractivity contribution is 7.15. The zero-order valence-corrected chi connectivity index (χ0v) is 16.4. The van der Waals surface area contributed by atoms with Gasteiger partial charge in [-0.25, -0.2) is 9.37 Å². The van der Waals surface area contributed by atoms with Crippen molar-refractivity contribution in [3.8, 4) is 10.6 Å². The molecule has 0 N–H and O–H groups in total. The molecule has 0 aliphatic heterocycles. The first kappa shape index (κ1) is 18.6. The highest BCUT2D eigenvalue weighted by Crippen LogP contribution is 2.38. The van der Waals surface area contributed by atoms with Crippen LogP contribution in [0.1, 0.15) is 34.2 Å². The van der Waals surface area contributed by atoms with E-state index in [2.05, 4.69) is 9.97 Å². The van der Waals surface area contributed by atoms with E-state index in [9.17, 15) is 14.0 Å². The second-order valence-electron chi connectivity index (χ2n) is 7.20. The molecule has 4 rings (SSSR count). The van der Waals surface area contributed by atoms with Crippen LogP contribution in [0.25, 0.3) is 10.6 Å². The number of carbonyl (C=O) groups is 2. The Hall–Kier alpha value is -2.73. The lowest BCUT2D eigenvalue weighted by molar-refractivity contribution is -0.124. The smallest absolute Gasteiger partial charge is 0.153 e. The average molecular weight is 394 g/mol. The molecule has 0 radical (unpaired) electrons. The number of rotatable bonds is 4. The fourth-order valence-electron chi connectivity index (χ4n) is 3.59. The van der Waals surface area contributed by atoms with Crippen molar-refractivity contribution in [2.24, 2.45) is 5.92 Å². The van der Waals surface area contributed by atoms with E-state index in [1.807, 2.05) is 38.1 Å². The summed E-state index contributed by atoms with van der Waals surface area (Å²) in [5, 5.41) is 0.816. The Labute approximate surface area is 166 Å². The number of nitrogens with zero attached hydrogens (tertiary/aromatic N) is 2. The van der Waals surface area contributed by atoms with Gasteiger partial charge in [0.15, 0.2) is 5.78 Å². The van der Waals surface area contributed by atoms with Gasteiger partial charge >= 0.3 is 0 Å². The molecule has 1 fully saturated rings. The second kappa shape index (κ2) is 7.36. The maximum atomic E-state index is 13.0. The molecule has 2 heterocycles. The van der Waals surface area contributed by atoms with Crippen molar-refractivity contribution >= 4 is 22.9 Å². The highest BCUT2D eigenvalue weighted by Gasteiger charge is 2.44. The van der Waals surface area contributed by atoms with E-state index in [0.29, 0.717) is 17.8 Å². The van der Waals surface area contributed by atoms with E-state index in [1.165, 1.54) is 17.4 Å². The lowest BCUT2D eigenvalue weighted by Gasteiger charge is -2.08. The maximum Gasteiger partial charge on any atom is 0.153 e. The van der Waals surface area contributed by atoms with Crippen LogP contribution in [0.2, 0.25) is 0 Å². The standard InChI is InChI=1S/C22H19FN2O2S/c1-12-3-5-14(6-4-12)22-25-20(13(2)28-22)19-18(26)10-15(21(19)27)9-17-8-7-16(23)11-24-17/h3-8,11,15,19H,9-10H2,1-2H3. The number of pyridine rings is 1. The summed E-state index contributed by atoms with van der Waals surface area (Å²) in [7, 11) is 0. The third kappa shape index (κ3) is 3.52. The van der Waals surface area contributed by atoms with Gasteiger partial charge in [-0.3, -0.25) is 14.6 Å². The van der Waals surface area contributed by atoms with Crippen LogP contribution < -0.4 is 0 Å². The molecular weight excluding hydrogens is 375 g/mol. The van der Waals surface area contributed by atoms with Crippen molar-refractivity contribution in [2.45, 2.75) is 32.6 Å². The van der Waals surface area contributed by atoms with Gasteiger partial charge in [0.2, 0.25) is 0 Å². The summed E-state index contributed by atoms with van der Waals surface area (Å²) in [5.74, 6) is -1.86. The van der Waals surface area contributed by atoms with Crippen LogP contribution in [0.5, 0.6) is 0 Å². The summed E-state index contributed by atoms with van der Waals surface area (Å²) in [6, 6.07) is 10.9. The van der Waals surface area contributed by atoms with Gasteiger partial charge in [0.05, 0.1) is 11.9 Å². The van der Waals surface area contributed by atoms with Crippen molar-refractivity contribution in [1.82, 2.24) is 9.97 Å². The van der Waals surface area contributed by atoms with E-state index in [-0.39, 0.29) is 18.0 Å². The van der Waals surface area contributed by atoms with Gasteiger partial charge in [-0.15, -0.1) is 11.3 Å². The number of benzene rings is 1. The molecule has 6 heteroatoms. The molecule has 28 heavy (non-hydrogen) atoms. The first-order chi connectivity index (χ1) is 13.4. The molecule has 1 aliphatic rings. The molecule has 2 aromatic heterocycles. The number of ketones is 2. The van der Waals surface area contributed by atoms with Crippen LogP contribution in [0.15, 0.2) is 42.6 Å². The van der Waals surface area contributed by atoms with Crippen molar-refractivity contribution in [2.75, 3.05) is 0 Å². The molecule has 1 aromatic carbocycles. The number of hydrogen-bond acceptors (Lipinski definition) is 5. The fourth-order valence-corrected chi connectivity index (χ4v) is 4.55. The fraction of sp³-hybridized carbons (Fsp3) is 0.273. The minimum Gasteiger partial charge on any atom is -0.298 e. The van der Waals surface area contributed by atoms with E-state index in [0.717, 1.165) is 27.2 Å². The molecule has 0 spiro atoms. The Morgan fingerprint density at radius 3 is 2.54 bits per heavy atom. The average Bonchev–Trinajstić information content (AvgIpc) is 3.17. The van der Waals surface area contributed by atoms with Crippen LogP contribution in [-0.4, -0.2) is 21.5 Å². The van der Waals surface area contributed by atoms with E-state index in [1.54, 1.807) is 6.07 Å². The minimum atomic E-state index is -0.805. The van der Waals surface area contributed by atoms with Crippen LogP contribution in [0.3, 0.4) is 0 Å². The molecule has 4 nitrogen and oxygen atoms in total. The van der Waals surface area contributed by atoms with Crippen LogP contribution in [0, 0.1) is 25.6 Å². The molecule has 142 valence electrons. The van der Waals surface area contributed by atoms with Gasteiger partial charge in [-0.1, -0.05) is 29.8 Å². The van der Waals surface area contributed by atoms with E-state index < -0.39 is 17.7 Å². The number of aryl methyl sites for hydroxylation is 2. The number of carbonyl (C=O) groups excluding carboxylic acids is 2. The van der Waals surface area contributed by atoms with Crippen molar-refractivity contribution < 1.29 is 14.0 Å². The van der Waals surface area contributed by atoms with Gasteiger partial charge in [0.25, 0.3) is 0 Å². The Balaban J connectivity index is 1.59. The third-order valence-electron chi connectivity index (χ3n) is 5.11. The van der Waals surface area contributed by atoms with Crippen LogP contribution in [-0.2, 0) is 16.0 Å². The highest BCUT2D eigenvalue weighted by atomic mass is 32.1. The topological polar surface area (TPSA) is 59.9 Å². The second-order valence-corrected chi connectivity index (χ2v) is 8.40. The molecule has 0 bridgehead atoms. The van der Waals surface area contributed by atoms with Crippen LogP contribution >= 0.6 is 11.3 Å². The quantitative estimate of drug-likeness (QED) is 0.614. The summed E-state index contributed by atoms with van der Waals surface area (Å²) < 4.78 is 13.0. The van der Waals surface area contributed by atoms with E-state index in [4.69, 9.17) is 0 Å². The molecule has 3 aromatic rings. The number of hydrogen-bond donors (Lipinski definition) is 0. The van der Waals surface area contributed by atoms with Crippen molar-refractivity contribution in [3.05, 3.63) is 70.2 Å². The predicted molar refractivity (Wildman–Crippen MR) is 106 cm³/mol. The Bertz CT molecular complexity index is 1040. The number of aromatic nitrogens is 2. The SMILES string of the molecule is Cc1ccc(-c2nc(C3C(=O)CC(Cc4ccc(F)cn4)C3=O)c(C)s2)cc1. The van der Waals surface area contributed by atoms with Gasteiger partial charge in [0.1, 0.15) is 22.5 Å². The van der Waals surface area contributed by atoms with Gasteiger partial charge in [-0.05, 0) is 32.4 Å². The molecule has 0 saturated heterocycles. The first-order valence-electron chi connectivity index (χ1n) is 9.13. The molecular formula is C22H19FN2O2S. The van der Waals surface area contributed by atoms with Gasteiger partial charge in [0, 0.05) is 28.5 Å². The summed E-state index contributed by atoms with van der Waals surface area (Å²) in [4.78, 5) is 35.2. The monoisotopic (exact) mass is 394 g/mol. The lowest BCUT2D eigenvalue weighted by Crippen LogP contribution is -2.18. The number of Topliss-reactive ketones (excluding diaryl/α,β-unsaturated/α-hetero) is 2. The summed E-state index contributed by atoms with van der Waals surface area (Å²) in [6.45, 7) is 3.92. The molecule has 1 saturated carbocycles. The Morgan fingerprint density at radius 1 is 1.11 bits per heavy atom. The summed E-state index contributed by atoms with van der Waals surface area (Å²) in [6.07, 6.45) is 1.65. The van der Waals surface area contributed by atoms with E-state index >= 15 is 0 Å². The van der Waals surface area contributed by atoms with Crippen molar-refractivity contribution in [1.29, 1.82) is 0 Å². The van der Waals surface area contributed by atoms with Crippen LogP contribution in [0.4, 0.5) is 4.39 Å². The predicted octanol–water partition coefficient (Wildman–Crippen LogP) is 4.45. The third-order valence-corrected chi connectivity index (χ3v) is 6.14. The van der Waals surface area contributed by atoms with Crippen molar-refractivity contribution in [3.63, 3.8) is 0 Å².